The van der Waals surface area contributed by atoms with Crippen LogP contribution in [0.25, 0.3) is 0 Å². The summed E-state index contributed by atoms with van der Waals surface area (Å²) >= 11 is 0. The zero-order chi connectivity index (χ0) is 12.8. The van der Waals surface area contributed by atoms with Crippen molar-refractivity contribution in [2.24, 2.45) is 5.41 Å². The van der Waals surface area contributed by atoms with Crippen molar-refractivity contribution in [1.29, 1.82) is 5.26 Å². The van der Waals surface area contributed by atoms with Gasteiger partial charge in [0.05, 0.1) is 6.07 Å². The number of nitrogens with one attached hydrogen (secondary N) is 1. The maximum atomic E-state index is 11.4. The molecule has 92 valence electrons. The number of carbonyl (C=O) groups excluding carboxylic acids is 1. The normalized spacial score (nSPS) is 11.8. The fourth-order valence-electron chi connectivity index (χ4n) is 1.11. The topological polar surface area (TPSA) is 62.1 Å². The van der Waals surface area contributed by atoms with Crippen molar-refractivity contribution in [2.75, 3.05) is 6.54 Å². The summed E-state index contributed by atoms with van der Waals surface area (Å²) in [5.41, 5.74) is -0.548. The second-order valence-corrected chi connectivity index (χ2v) is 5.68. The third-order valence-electron chi connectivity index (χ3n) is 2.02. The number of hydrogen-bond acceptors (Lipinski definition) is 3. The Labute approximate surface area is 98.0 Å². The minimum atomic E-state index is -0.471. The first-order valence-electron chi connectivity index (χ1n) is 5.50. The largest absolute Gasteiger partial charge is 0.444 e. The van der Waals surface area contributed by atoms with Crippen LogP contribution in [0.3, 0.4) is 0 Å². The highest BCUT2D eigenvalue weighted by atomic mass is 16.6. The van der Waals surface area contributed by atoms with E-state index in [2.05, 4.69) is 11.4 Å². The summed E-state index contributed by atoms with van der Waals surface area (Å²) < 4.78 is 5.12. The van der Waals surface area contributed by atoms with Gasteiger partial charge in [-0.25, -0.2) is 4.79 Å². The Morgan fingerprint density at radius 3 is 2.31 bits per heavy atom. The fraction of sp³-hybridized carbons (Fsp3) is 0.833. The van der Waals surface area contributed by atoms with Crippen molar-refractivity contribution in [3.05, 3.63) is 0 Å². The van der Waals surface area contributed by atoms with Crippen molar-refractivity contribution >= 4 is 6.09 Å². The van der Waals surface area contributed by atoms with Gasteiger partial charge in [0.25, 0.3) is 0 Å². The summed E-state index contributed by atoms with van der Waals surface area (Å²) in [6.07, 6.45) is 0.861. The second-order valence-electron chi connectivity index (χ2n) is 5.68. The average molecular weight is 226 g/mol. The maximum Gasteiger partial charge on any atom is 0.407 e. The number of hydrogen-bond donors (Lipinski definition) is 1. The van der Waals surface area contributed by atoms with Crippen LogP contribution in [0.1, 0.15) is 47.5 Å². The molecule has 0 radical (unpaired) electrons. The van der Waals surface area contributed by atoms with Crippen molar-refractivity contribution < 1.29 is 9.53 Å². The molecule has 0 aromatic rings. The molecule has 0 atom stereocenters. The van der Waals surface area contributed by atoms with E-state index in [9.17, 15) is 4.79 Å². The van der Waals surface area contributed by atoms with E-state index in [1.165, 1.54) is 0 Å². The van der Waals surface area contributed by atoms with E-state index in [4.69, 9.17) is 10.00 Å². The van der Waals surface area contributed by atoms with Crippen LogP contribution in [-0.4, -0.2) is 18.2 Å². The van der Waals surface area contributed by atoms with Gasteiger partial charge in [-0.15, -0.1) is 0 Å². The number of rotatable bonds is 4. The molecule has 1 amide bonds. The molecule has 16 heavy (non-hydrogen) atoms. The van der Waals surface area contributed by atoms with E-state index >= 15 is 0 Å². The monoisotopic (exact) mass is 226 g/mol. The van der Waals surface area contributed by atoms with Crippen molar-refractivity contribution in [3.63, 3.8) is 0 Å². The van der Waals surface area contributed by atoms with E-state index in [-0.39, 0.29) is 5.41 Å². The van der Waals surface area contributed by atoms with Gasteiger partial charge in [0.15, 0.2) is 0 Å². The Morgan fingerprint density at radius 2 is 1.88 bits per heavy atom. The predicted molar refractivity (Wildman–Crippen MR) is 62.9 cm³/mol. The fourth-order valence-corrected chi connectivity index (χ4v) is 1.11. The lowest BCUT2D eigenvalue weighted by atomic mass is 9.88. The molecule has 0 heterocycles. The first-order valence-corrected chi connectivity index (χ1v) is 5.50. The first kappa shape index (κ1) is 14.8. The molecule has 0 saturated heterocycles. The average Bonchev–Trinajstić information content (AvgIpc) is 2.09. The van der Waals surface area contributed by atoms with Gasteiger partial charge in [-0.2, -0.15) is 5.26 Å². The summed E-state index contributed by atoms with van der Waals surface area (Å²) in [6, 6.07) is 2.11. The zero-order valence-corrected chi connectivity index (χ0v) is 10.9. The van der Waals surface area contributed by atoms with Gasteiger partial charge in [0.1, 0.15) is 5.60 Å². The molecule has 0 unspecified atom stereocenters. The summed E-state index contributed by atoms with van der Waals surface area (Å²) in [6.45, 7) is 10.0. The lowest BCUT2D eigenvalue weighted by Crippen LogP contribution is -2.38. The molecule has 0 rings (SSSR count). The lowest BCUT2D eigenvalue weighted by Gasteiger charge is -2.25. The Hall–Kier alpha value is -1.24. The van der Waals surface area contributed by atoms with Crippen LogP contribution >= 0.6 is 0 Å². The van der Waals surface area contributed by atoms with Gasteiger partial charge >= 0.3 is 6.09 Å². The molecule has 0 aromatic heterocycles. The van der Waals surface area contributed by atoms with Crippen LogP contribution in [-0.2, 0) is 4.74 Å². The second kappa shape index (κ2) is 5.74. The Kier molecular flexibility index (Phi) is 5.29. The summed E-state index contributed by atoms with van der Waals surface area (Å²) in [5.74, 6) is 0. The van der Waals surface area contributed by atoms with Crippen LogP contribution in [0.4, 0.5) is 4.79 Å². The van der Waals surface area contributed by atoms with Gasteiger partial charge in [0, 0.05) is 13.0 Å². The Balaban J connectivity index is 3.96. The van der Waals surface area contributed by atoms with Crippen molar-refractivity contribution in [1.82, 2.24) is 5.32 Å². The number of nitrogens with zero attached hydrogens (tertiary/aromatic N) is 1. The molecule has 1 N–H and O–H groups in total. The molecule has 0 bridgehead atoms. The van der Waals surface area contributed by atoms with Crippen LogP contribution in [0.15, 0.2) is 0 Å². The van der Waals surface area contributed by atoms with E-state index < -0.39 is 11.7 Å². The first-order chi connectivity index (χ1) is 7.16. The zero-order valence-electron chi connectivity index (χ0n) is 10.9. The summed E-state index contributed by atoms with van der Waals surface area (Å²) in [7, 11) is 0. The SMILES string of the molecule is CC(C)(CCC#N)CNC(=O)OC(C)(C)C. The third kappa shape index (κ3) is 8.10. The number of nitriles is 1. The standard InChI is InChI=1S/C12H22N2O2/c1-11(2,3)16-10(15)14-9-12(4,5)7-6-8-13/h6-7,9H2,1-5H3,(H,14,15). The Morgan fingerprint density at radius 1 is 1.31 bits per heavy atom. The van der Waals surface area contributed by atoms with Gasteiger partial charge in [-0.05, 0) is 32.6 Å². The maximum absolute atomic E-state index is 11.4. The number of alkyl carbamates (subject to hydrolysis) is 1. The molecule has 0 aliphatic rings. The van der Waals surface area contributed by atoms with Crippen LogP contribution in [0.5, 0.6) is 0 Å². The summed E-state index contributed by atoms with van der Waals surface area (Å²) in [4.78, 5) is 11.4. The minimum Gasteiger partial charge on any atom is -0.444 e. The quantitative estimate of drug-likeness (QED) is 0.801. The minimum absolute atomic E-state index is 0.0768. The molecular formula is C12H22N2O2. The number of ether oxygens (including phenoxy) is 1. The molecule has 4 heteroatoms. The van der Waals surface area contributed by atoms with Gasteiger partial charge in [-0.1, -0.05) is 13.8 Å². The van der Waals surface area contributed by atoms with Gasteiger partial charge < -0.3 is 10.1 Å². The lowest BCUT2D eigenvalue weighted by molar-refractivity contribution is 0.0505. The van der Waals surface area contributed by atoms with E-state index in [0.717, 1.165) is 6.42 Å². The Bertz CT molecular complexity index is 272. The molecule has 0 spiro atoms. The number of carbonyl (C=O) groups is 1. The van der Waals surface area contributed by atoms with E-state index in [1.807, 2.05) is 34.6 Å². The molecule has 4 nitrogen and oxygen atoms in total. The van der Waals surface area contributed by atoms with Crippen LogP contribution in [0, 0.1) is 16.7 Å². The number of amides is 1. The van der Waals surface area contributed by atoms with Gasteiger partial charge in [0.2, 0.25) is 0 Å². The summed E-state index contributed by atoms with van der Waals surface area (Å²) in [5, 5.41) is 11.2. The molecule has 0 saturated carbocycles. The molecule has 0 aliphatic carbocycles. The highest BCUT2D eigenvalue weighted by molar-refractivity contribution is 5.67. The van der Waals surface area contributed by atoms with Crippen LogP contribution in [0.2, 0.25) is 0 Å². The smallest absolute Gasteiger partial charge is 0.407 e. The predicted octanol–water partition coefficient (Wildman–Crippen LogP) is 2.84. The van der Waals surface area contributed by atoms with Crippen molar-refractivity contribution in [3.8, 4) is 6.07 Å². The molecule has 0 aromatic carbocycles. The third-order valence-corrected chi connectivity index (χ3v) is 2.02. The molecular weight excluding hydrogens is 204 g/mol. The van der Waals surface area contributed by atoms with E-state index in [0.29, 0.717) is 13.0 Å². The van der Waals surface area contributed by atoms with Crippen molar-refractivity contribution in [2.45, 2.75) is 53.1 Å². The molecule has 0 aliphatic heterocycles. The highest BCUT2D eigenvalue weighted by Crippen LogP contribution is 2.20. The highest BCUT2D eigenvalue weighted by Gasteiger charge is 2.21. The van der Waals surface area contributed by atoms with Gasteiger partial charge in [-0.3, -0.25) is 0 Å². The van der Waals surface area contributed by atoms with E-state index in [1.54, 1.807) is 0 Å². The molecule has 0 fully saturated rings. The van der Waals surface area contributed by atoms with Crippen LogP contribution < -0.4 is 5.32 Å².